The molecule has 0 radical (unpaired) electrons. The first kappa shape index (κ1) is 7.35. The molecular weight excluding hydrogens is 121 g/mol. The zero-order valence-corrected chi connectivity index (χ0v) is 6.30. The highest BCUT2D eigenvalue weighted by Crippen LogP contribution is 1.78. The molecule has 1 aromatic carbocycles. The predicted octanol–water partition coefficient (Wildman–Crippen LogP) is 0.273. The molecule has 0 spiro atoms. The molecule has 1 rings (SSSR count). The van der Waals surface area contributed by atoms with Crippen molar-refractivity contribution in [3.05, 3.63) is 30.3 Å². The number of nitrogens with one attached hydrogen (secondary N) is 1. The van der Waals surface area contributed by atoms with Gasteiger partial charge in [-0.15, -0.1) is 0 Å². The van der Waals surface area contributed by atoms with Crippen LogP contribution in [-0.4, -0.2) is 14.0 Å². The lowest BCUT2D eigenvalue weighted by molar-refractivity contribution is 1.01. The van der Waals surface area contributed by atoms with Crippen LogP contribution in [0.2, 0.25) is 0 Å². The number of hydrogen-bond acceptors (Lipinski definition) is 1. The molecule has 1 aromatic rings. The van der Waals surface area contributed by atoms with Gasteiger partial charge in [-0.1, -0.05) is 42.7 Å². The van der Waals surface area contributed by atoms with E-state index in [1.54, 1.807) is 0 Å². The second-order valence-electron chi connectivity index (χ2n) is 2.27. The summed E-state index contributed by atoms with van der Waals surface area (Å²) in [6.07, 6.45) is 0. The van der Waals surface area contributed by atoms with Gasteiger partial charge in [-0.2, -0.15) is 0 Å². The third-order valence-corrected chi connectivity index (χ3v) is 1.42. The molecular formula is C8H12BN. The van der Waals surface area contributed by atoms with Gasteiger partial charge in [0.25, 0.3) is 0 Å². The second-order valence-corrected chi connectivity index (χ2v) is 2.27. The SMILES string of the molecule is CCNBc1ccccc1. The molecule has 0 unspecified atom stereocenters. The van der Waals surface area contributed by atoms with Crippen molar-refractivity contribution in [2.45, 2.75) is 6.92 Å². The van der Waals surface area contributed by atoms with Gasteiger partial charge in [-0.3, -0.25) is 0 Å². The Kier molecular flexibility index (Phi) is 3.03. The monoisotopic (exact) mass is 133 g/mol. The lowest BCUT2D eigenvalue weighted by atomic mass is 9.83. The highest BCUT2D eigenvalue weighted by Gasteiger charge is 1.89. The highest BCUT2D eigenvalue weighted by atomic mass is 14.7. The Labute approximate surface area is 62.7 Å². The van der Waals surface area contributed by atoms with E-state index in [0.29, 0.717) is 0 Å². The maximum Gasteiger partial charge on any atom is 0.235 e. The summed E-state index contributed by atoms with van der Waals surface area (Å²) in [6, 6.07) is 10.4. The quantitative estimate of drug-likeness (QED) is 0.583. The predicted molar refractivity (Wildman–Crippen MR) is 46.9 cm³/mol. The van der Waals surface area contributed by atoms with Gasteiger partial charge in [0.1, 0.15) is 0 Å². The van der Waals surface area contributed by atoms with Gasteiger partial charge in [-0.05, 0) is 6.54 Å². The number of hydrogen-bond donors (Lipinski definition) is 1. The molecule has 0 bridgehead atoms. The summed E-state index contributed by atoms with van der Waals surface area (Å²) in [5.41, 5.74) is 1.35. The lowest BCUT2D eigenvalue weighted by Crippen LogP contribution is -2.29. The van der Waals surface area contributed by atoms with Gasteiger partial charge in [0, 0.05) is 0 Å². The summed E-state index contributed by atoms with van der Waals surface area (Å²) >= 11 is 0. The zero-order valence-electron chi connectivity index (χ0n) is 6.30. The molecule has 0 amide bonds. The van der Waals surface area contributed by atoms with Crippen LogP contribution in [0, 0.1) is 0 Å². The van der Waals surface area contributed by atoms with Crippen LogP contribution in [0.3, 0.4) is 0 Å². The number of rotatable bonds is 3. The van der Waals surface area contributed by atoms with Crippen LogP contribution < -0.4 is 10.7 Å². The van der Waals surface area contributed by atoms with Crippen molar-refractivity contribution in [2.75, 3.05) is 6.54 Å². The van der Waals surface area contributed by atoms with E-state index in [2.05, 4.69) is 36.4 Å². The van der Waals surface area contributed by atoms with Crippen molar-refractivity contribution in [1.82, 2.24) is 5.23 Å². The first-order valence-corrected chi connectivity index (χ1v) is 3.68. The summed E-state index contributed by atoms with van der Waals surface area (Å²) in [6.45, 7) is 3.15. The second kappa shape index (κ2) is 4.12. The van der Waals surface area contributed by atoms with Crippen LogP contribution in [0.5, 0.6) is 0 Å². The van der Waals surface area contributed by atoms with Crippen molar-refractivity contribution >= 4 is 12.9 Å². The van der Waals surface area contributed by atoms with E-state index >= 15 is 0 Å². The maximum atomic E-state index is 3.26. The molecule has 0 saturated carbocycles. The molecule has 0 fully saturated rings. The Hall–Kier alpha value is -0.755. The van der Waals surface area contributed by atoms with E-state index in [4.69, 9.17) is 0 Å². The highest BCUT2D eigenvalue weighted by molar-refractivity contribution is 6.50. The molecule has 0 atom stereocenters. The van der Waals surface area contributed by atoms with Crippen LogP contribution >= 0.6 is 0 Å². The Morgan fingerprint density at radius 3 is 2.60 bits per heavy atom. The molecule has 52 valence electrons. The summed E-state index contributed by atoms with van der Waals surface area (Å²) in [7, 11) is 0.983. The van der Waals surface area contributed by atoms with Crippen LogP contribution in [0.4, 0.5) is 0 Å². The third kappa shape index (κ3) is 2.23. The van der Waals surface area contributed by atoms with E-state index in [1.807, 2.05) is 6.07 Å². The van der Waals surface area contributed by atoms with E-state index in [1.165, 1.54) is 5.46 Å². The van der Waals surface area contributed by atoms with E-state index in [0.717, 1.165) is 14.0 Å². The van der Waals surface area contributed by atoms with Gasteiger partial charge < -0.3 is 5.23 Å². The topological polar surface area (TPSA) is 12.0 Å². The standard InChI is InChI=1S/C8H12BN/c1-2-10-9-8-6-4-3-5-7-8/h3-7,9-10H,2H2,1H3. The van der Waals surface area contributed by atoms with Crippen LogP contribution in [0.25, 0.3) is 0 Å². The molecule has 2 heteroatoms. The molecule has 0 heterocycles. The lowest BCUT2D eigenvalue weighted by Gasteiger charge is -1.96. The fourth-order valence-electron chi connectivity index (χ4n) is 0.865. The third-order valence-electron chi connectivity index (χ3n) is 1.42. The van der Waals surface area contributed by atoms with E-state index in [9.17, 15) is 0 Å². The Morgan fingerprint density at radius 1 is 1.30 bits per heavy atom. The van der Waals surface area contributed by atoms with Crippen molar-refractivity contribution in [1.29, 1.82) is 0 Å². The fourth-order valence-corrected chi connectivity index (χ4v) is 0.865. The number of benzene rings is 1. The largest absolute Gasteiger partial charge is 0.355 e. The summed E-state index contributed by atoms with van der Waals surface area (Å²) in [4.78, 5) is 0. The Bertz CT molecular complexity index is 174. The molecule has 0 aromatic heterocycles. The minimum Gasteiger partial charge on any atom is -0.355 e. The first-order chi connectivity index (χ1) is 4.93. The van der Waals surface area contributed by atoms with Gasteiger partial charge >= 0.3 is 0 Å². The molecule has 1 N–H and O–H groups in total. The first-order valence-electron chi connectivity index (χ1n) is 3.68. The van der Waals surface area contributed by atoms with Crippen LogP contribution in [0.15, 0.2) is 30.3 Å². The fraction of sp³-hybridized carbons (Fsp3) is 0.250. The summed E-state index contributed by atoms with van der Waals surface area (Å²) in [5, 5.41) is 3.26. The molecule has 0 saturated heterocycles. The summed E-state index contributed by atoms with van der Waals surface area (Å²) < 4.78 is 0. The van der Waals surface area contributed by atoms with Gasteiger partial charge in [0.05, 0.1) is 0 Å². The van der Waals surface area contributed by atoms with E-state index in [-0.39, 0.29) is 0 Å². The summed E-state index contributed by atoms with van der Waals surface area (Å²) in [5.74, 6) is 0. The minimum absolute atomic E-state index is 0.983. The van der Waals surface area contributed by atoms with Crippen molar-refractivity contribution in [3.63, 3.8) is 0 Å². The van der Waals surface area contributed by atoms with Gasteiger partial charge in [0.2, 0.25) is 7.41 Å². The molecule has 0 aliphatic rings. The van der Waals surface area contributed by atoms with Crippen LogP contribution in [0.1, 0.15) is 6.92 Å². The minimum atomic E-state index is 0.983. The molecule has 10 heavy (non-hydrogen) atoms. The average Bonchev–Trinajstić information content (AvgIpc) is 2.03. The van der Waals surface area contributed by atoms with Gasteiger partial charge in [0.15, 0.2) is 0 Å². The maximum absolute atomic E-state index is 3.26. The smallest absolute Gasteiger partial charge is 0.235 e. The molecule has 0 aliphatic carbocycles. The average molecular weight is 133 g/mol. The Balaban J connectivity index is 2.43. The van der Waals surface area contributed by atoms with Crippen molar-refractivity contribution in [2.24, 2.45) is 0 Å². The van der Waals surface area contributed by atoms with E-state index < -0.39 is 0 Å². The van der Waals surface area contributed by atoms with Crippen molar-refractivity contribution < 1.29 is 0 Å². The normalized spacial score (nSPS) is 9.30. The zero-order chi connectivity index (χ0) is 7.23. The van der Waals surface area contributed by atoms with Crippen LogP contribution in [-0.2, 0) is 0 Å². The molecule has 0 aliphatic heterocycles. The van der Waals surface area contributed by atoms with Gasteiger partial charge in [-0.25, -0.2) is 0 Å². The van der Waals surface area contributed by atoms with Crippen molar-refractivity contribution in [3.8, 4) is 0 Å². The Morgan fingerprint density at radius 2 is 2.00 bits per heavy atom. The molecule has 1 nitrogen and oxygen atoms in total.